The highest BCUT2D eigenvalue weighted by Gasteiger charge is 2.16. The summed E-state index contributed by atoms with van der Waals surface area (Å²) in [4.78, 5) is 11.9. The molecule has 0 fully saturated rings. The van der Waals surface area contributed by atoms with Gasteiger partial charge in [-0.3, -0.25) is 0 Å². The number of rotatable bonds is 12. The maximum atomic E-state index is 11.9. The topological polar surface area (TPSA) is 35.5 Å². The molecule has 0 heterocycles. The molecule has 0 aliphatic carbocycles. The Bertz CT molecular complexity index is 432. The highest BCUT2D eigenvalue weighted by molar-refractivity contribution is 5.89. The van der Waals surface area contributed by atoms with Crippen molar-refractivity contribution in [2.75, 3.05) is 40.6 Å². The lowest BCUT2D eigenvalue weighted by molar-refractivity contribution is -0.909. The lowest BCUT2D eigenvalue weighted by atomic mass is 10.2. The summed E-state index contributed by atoms with van der Waals surface area (Å²) in [5.41, 5.74) is 0.598. The molecule has 0 aromatic heterocycles. The smallest absolute Gasteiger partial charge is 0.338 e. The van der Waals surface area contributed by atoms with Gasteiger partial charge in [-0.25, -0.2) is 4.79 Å². The number of unbranched alkanes of at least 4 members (excludes halogenated alkanes) is 4. The van der Waals surface area contributed by atoms with Crippen LogP contribution in [0, 0.1) is 0 Å². The molecule has 0 aliphatic heterocycles. The van der Waals surface area contributed by atoms with Gasteiger partial charge in [-0.2, -0.15) is 0 Å². The number of ether oxygens (including phenoxy) is 2. The van der Waals surface area contributed by atoms with Crippen molar-refractivity contribution in [3.05, 3.63) is 35.9 Å². The quantitative estimate of drug-likeness (QED) is 0.254. The number of carbonyl (C=O) groups excluding carboxylic acids is 1. The Kier molecular flexibility index (Phi) is 9.57. The third kappa shape index (κ3) is 9.36. The molecule has 1 aromatic rings. The van der Waals surface area contributed by atoms with Gasteiger partial charge in [-0.15, -0.1) is 0 Å². The molecule has 0 unspecified atom stereocenters. The van der Waals surface area contributed by atoms with E-state index >= 15 is 0 Å². The summed E-state index contributed by atoms with van der Waals surface area (Å²) in [6, 6.07) is 9.10. The lowest BCUT2D eigenvalue weighted by Crippen LogP contribution is -2.44. The number of carbonyl (C=O) groups is 1. The van der Waals surface area contributed by atoms with E-state index in [1.165, 1.54) is 25.7 Å². The van der Waals surface area contributed by atoms with Gasteiger partial charge in [0.2, 0.25) is 0 Å². The Labute approximate surface area is 141 Å². The first-order valence-electron chi connectivity index (χ1n) is 8.67. The van der Waals surface area contributed by atoms with Crippen LogP contribution in [0.4, 0.5) is 0 Å². The van der Waals surface area contributed by atoms with E-state index in [1.807, 2.05) is 18.2 Å². The van der Waals surface area contributed by atoms with Crippen molar-refractivity contribution in [1.29, 1.82) is 0 Å². The number of likely N-dealkylation sites (N-methyl/N-ethyl adjacent to an activating group) is 1. The maximum absolute atomic E-state index is 11.9. The van der Waals surface area contributed by atoms with E-state index in [4.69, 9.17) is 9.47 Å². The zero-order valence-electron chi connectivity index (χ0n) is 14.9. The van der Waals surface area contributed by atoms with E-state index in [9.17, 15) is 4.79 Å². The van der Waals surface area contributed by atoms with E-state index in [1.54, 1.807) is 12.1 Å². The molecule has 0 spiro atoms. The average Bonchev–Trinajstić information content (AvgIpc) is 2.54. The summed E-state index contributed by atoms with van der Waals surface area (Å²) < 4.78 is 11.8. The van der Waals surface area contributed by atoms with Gasteiger partial charge < -0.3 is 14.0 Å². The number of quaternary nitrogens is 1. The Hall–Kier alpha value is -1.39. The molecule has 4 nitrogen and oxygen atoms in total. The number of hydrogen-bond acceptors (Lipinski definition) is 3. The maximum Gasteiger partial charge on any atom is 0.338 e. The minimum absolute atomic E-state index is 0.262. The molecule has 0 saturated heterocycles. The van der Waals surface area contributed by atoms with Gasteiger partial charge in [0.15, 0.2) is 6.73 Å². The van der Waals surface area contributed by atoms with Crippen LogP contribution < -0.4 is 0 Å². The minimum Gasteiger partial charge on any atom is -0.456 e. The first-order valence-corrected chi connectivity index (χ1v) is 8.67. The standard InChI is InChI=1S/C19H32NO3/c1-4-5-6-7-11-15-22-17-20(2,3)14-16-23-19(21)18-12-9-8-10-13-18/h8-10,12-13H,4-7,11,14-17H2,1-3H3/q+1. The van der Waals surface area contributed by atoms with Crippen LogP contribution in [0.5, 0.6) is 0 Å². The molecule has 0 amide bonds. The SMILES string of the molecule is CCCCCCCOC[N+](C)(C)CCOC(=O)c1ccccc1. The molecule has 1 aromatic carbocycles. The molecule has 130 valence electrons. The summed E-state index contributed by atoms with van der Waals surface area (Å²) in [7, 11) is 4.18. The molecular formula is C19H32NO3+. The minimum atomic E-state index is -0.262. The molecule has 0 atom stereocenters. The third-order valence-electron chi connectivity index (χ3n) is 3.77. The van der Waals surface area contributed by atoms with Crippen LogP contribution in [-0.2, 0) is 9.47 Å². The molecule has 4 heteroatoms. The first-order chi connectivity index (χ1) is 11.0. The zero-order valence-corrected chi connectivity index (χ0v) is 14.9. The molecular weight excluding hydrogens is 290 g/mol. The molecule has 0 bridgehead atoms. The Morgan fingerprint density at radius 2 is 1.70 bits per heavy atom. The van der Waals surface area contributed by atoms with Gasteiger partial charge in [0, 0.05) is 0 Å². The van der Waals surface area contributed by atoms with E-state index in [0.717, 1.165) is 19.6 Å². The van der Waals surface area contributed by atoms with Crippen molar-refractivity contribution in [2.45, 2.75) is 39.0 Å². The van der Waals surface area contributed by atoms with Crippen LogP contribution >= 0.6 is 0 Å². The van der Waals surface area contributed by atoms with Crippen LogP contribution in [0.25, 0.3) is 0 Å². The molecule has 23 heavy (non-hydrogen) atoms. The van der Waals surface area contributed by atoms with Crippen LogP contribution in [0.2, 0.25) is 0 Å². The van der Waals surface area contributed by atoms with Gasteiger partial charge in [0.1, 0.15) is 13.2 Å². The predicted octanol–water partition coefficient (Wildman–Crippen LogP) is 3.86. The van der Waals surface area contributed by atoms with E-state index < -0.39 is 0 Å². The normalized spacial score (nSPS) is 11.4. The van der Waals surface area contributed by atoms with Crippen LogP contribution in [0.3, 0.4) is 0 Å². The van der Waals surface area contributed by atoms with Crippen molar-refractivity contribution in [2.24, 2.45) is 0 Å². The average molecular weight is 322 g/mol. The predicted molar refractivity (Wildman–Crippen MR) is 93.3 cm³/mol. The second-order valence-corrected chi connectivity index (χ2v) is 6.61. The largest absolute Gasteiger partial charge is 0.456 e. The Morgan fingerprint density at radius 1 is 1.00 bits per heavy atom. The van der Waals surface area contributed by atoms with Crippen LogP contribution in [0.1, 0.15) is 49.4 Å². The fraction of sp³-hybridized carbons (Fsp3) is 0.632. The summed E-state index contributed by atoms with van der Waals surface area (Å²) >= 11 is 0. The molecule has 0 radical (unpaired) electrons. The summed E-state index contributed by atoms with van der Waals surface area (Å²) in [5.74, 6) is -0.262. The van der Waals surface area contributed by atoms with E-state index in [0.29, 0.717) is 23.4 Å². The number of esters is 1. The number of hydrogen-bond donors (Lipinski definition) is 0. The summed E-state index contributed by atoms with van der Waals surface area (Å²) in [6.45, 7) is 4.84. The fourth-order valence-corrected chi connectivity index (χ4v) is 2.23. The molecule has 0 saturated carbocycles. The highest BCUT2D eigenvalue weighted by Crippen LogP contribution is 2.05. The number of benzene rings is 1. The molecule has 0 aliphatic rings. The molecule has 0 N–H and O–H groups in total. The van der Waals surface area contributed by atoms with E-state index in [2.05, 4.69) is 21.0 Å². The second kappa shape index (κ2) is 11.2. The molecule has 1 rings (SSSR count). The summed E-state index contributed by atoms with van der Waals surface area (Å²) in [6.07, 6.45) is 6.26. The van der Waals surface area contributed by atoms with Crippen LogP contribution in [-0.4, -0.2) is 51.0 Å². The third-order valence-corrected chi connectivity index (χ3v) is 3.77. The first kappa shape index (κ1) is 19.7. The van der Waals surface area contributed by atoms with Crippen molar-refractivity contribution in [3.8, 4) is 0 Å². The van der Waals surface area contributed by atoms with Crippen LogP contribution in [0.15, 0.2) is 30.3 Å². The fourth-order valence-electron chi connectivity index (χ4n) is 2.23. The van der Waals surface area contributed by atoms with E-state index in [-0.39, 0.29) is 5.97 Å². The van der Waals surface area contributed by atoms with Gasteiger partial charge in [-0.1, -0.05) is 50.8 Å². The van der Waals surface area contributed by atoms with Gasteiger partial charge in [0.05, 0.1) is 26.3 Å². The van der Waals surface area contributed by atoms with Crippen molar-refractivity contribution in [3.63, 3.8) is 0 Å². The second-order valence-electron chi connectivity index (χ2n) is 6.61. The van der Waals surface area contributed by atoms with Gasteiger partial charge in [0.25, 0.3) is 0 Å². The lowest BCUT2D eigenvalue weighted by Gasteiger charge is -2.28. The van der Waals surface area contributed by atoms with Crippen molar-refractivity contribution >= 4 is 5.97 Å². The van der Waals surface area contributed by atoms with Crippen molar-refractivity contribution in [1.82, 2.24) is 0 Å². The highest BCUT2D eigenvalue weighted by atomic mass is 16.5. The zero-order chi connectivity index (χ0) is 17.0. The van der Waals surface area contributed by atoms with Gasteiger partial charge >= 0.3 is 5.97 Å². The Balaban J connectivity index is 2.11. The number of nitrogens with zero attached hydrogens (tertiary/aromatic N) is 1. The van der Waals surface area contributed by atoms with Gasteiger partial charge in [-0.05, 0) is 18.6 Å². The monoisotopic (exact) mass is 322 g/mol. The summed E-state index contributed by atoms with van der Waals surface area (Å²) in [5, 5.41) is 0. The Morgan fingerprint density at radius 3 is 2.39 bits per heavy atom. The van der Waals surface area contributed by atoms with Crippen molar-refractivity contribution < 1.29 is 18.8 Å².